The predicted octanol–water partition coefficient (Wildman–Crippen LogP) is 4.15. The smallest absolute Gasteiger partial charge is 0.272 e. The highest BCUT2D eigenvalue weighted by Gasteiger charge is 2.24. The van der Waals surface area contributed by atoms with Gasteiger partial charge in [-0.05, 0) is 49.2 Å². The molecule has 0 spiro atoms. The minimum atomic E-state index is -0.719. The van der Waals surface area contributed by atoms with Gasteiger partial charge in [0, 0.05) is 11.6 Å². The summed E-state index contributed by atoms with van der Waals surface area (Å²) in [6.07, 6.45) is 5.54. The fourth-order valence-corrected chi connectivity index (χ4v) is 4.79. The predicted molar refractivity (Wildman–Crippen MR) is 127 cm³/mol. The second kappa shape index (κ2) is 11.1. The molecule has 2 N–H and O–H groups in total. The molecule has 10 heteroatoms. The van der Waals surface area contributed by atoms with Crippen molar-refractivity contribution in [2.45, 2.75) is 43.3 Å². The minimum absolute atomic E-state index is 0.0189. The highest BCUT2D eigenvalue weighted by Crippen LogP contribution is 2.35. The van der Waals surface area contributed by atoms with Gasteiger partial charge >= 0.3 is 0 Å². The number of methoxy groups -OCH3 is 1. The fraction of sp³-hybridized carbons (Fsp3) is 0.333. The summed E-state index contributed by atoms with van der Waals surface area (Å²) in [5.41, 5.74) is 5.36. The number of amides is 2. The maximum Gasteiger partial charge on any atom is 0.272 e. The van der Waals surface area contributed by atoms with Gasteiger partial charge in [0.05, 0.1) is 18.4 Å². The van der Waals surface area contributed by atoms with Gasteiger partial charge in [-0.15, -0.1) is 10.2 Å². The van der Waals surface area contributed by atoms with Crippen molar-refractivity contribution < 1.29 is 18.7 Å². The van der Waals surface area contributed by atoms with Gasteiger partial charge in [0.1, 0.15) is 11.6 Å². The zero-order valence-corrected chi connectivity index (χ0v) is 19.6. The molecule has 1 saturated carbocycles. The van der Waals surface area contributed by atoms with Crippen LogP contribution in [0.2, 0.25) is 0 Å². The Morgan fingerprint density at radius 1 is 1.06 bits per heavy atom. The molecular weight excluding hydrogens is 457 g/mol. The van der Waals surface area contributed by atoms with Gasteiger partial charge in [0.15, 0.2) is 11.0 Å². The molecule has 1 heterocycles. The van der Waals surface area contributed by atoms with Crippen LogP contribution in [0.25, 0.3) is 11.4 Å². The number of aromatic nitrogens is 3. The van der Waals surface area contributed by atoms with Crippen LogP contribution in [-0.4, -0.2) is 39.4 Å². The number of carbonyl (C=O) groups excluding carboxylic acids is 2. The summed E-state index contributed by atoms with van der Waals surface area (Å²) in [6, 6.07) is 13.5. The Labute approximate surface area is 201 Å². The number of nitrogens with zero attached hydrogens (tertiary/aromatic N) is 3. The molecular formula is C24H26FN5O3S. The average molecular weight is 484 g/mol. The SMILES string of the molecule is COc1ccc(-c2nnc(SCC(=O)NNC(=O)c3ccccc3F)n2C2CCCCC2)cc1. The van der Waals surface area contributed by atoms with Crippen LogP contribution < -0.4 is 15.6 Å². The number of halogens is 1. The zero-order chi connectivity index (χ0) is 23.9. The first-order valence-electron chi connectivity index (χ1n) is 11.1. The first-order valence-corrected chi connectivity index (χ1v) is 12.1. The van der Waals surface area contributed by atoms with Crippen LogP contribution in [-0.2, 0) is 4.79 Å². The molecule has 0 radical (unpaired) electrons. The molecule has 4 rings (SSSR count). The fourth-order valence-electron chi connectivity index (χ4n) is 3.99. The quantitative estimate of drug-likeness (QED) is 0.387. The summed E-state index contributed by atoms with van der Waals surface area (Å²) in [4.78, 5) is 24.5. The topological polar surface area (TPSA) is 98.1 Å². The zero-order valence-electron chi connectivity index (χ0n) is 18.8. The van der Waals surface area contributed by atoms with Gasteiger partial charge in [0.2, 0.25) is 5.91 Å². The summed E-state index contributed by atoms with van der Waals surface area (Å²) in [6.45, 7) is 0. The molecule has 1 aromatic heterocycles. The highest BCUT2D eigenvalue weighted by atomic mass is 32.2. The second-order valence-corrected chi connectivity index (χ2v) is 8.91. The molecule has 8 nitrogen and oxygen atoms in total. The van der Waals surface area contributed by atoms with E-state index in [0.29, 0.717) is 5.16 Å². The molecule has 1 aliphatic carbocycles. The summed E-state index contributed by atoms with van der Waals surface area (Å²) in [7, 11) is 1.62. The van der Waals surface area contributed by atoms with Crippen molar-refractivity contribution in [3.8, 4) is 17.1 Å². The van der Waals surface area contributed by atoms with Crippen LogP contribution in [0.4, 0.5) is 4.39 Å². The Balaban J connectivity index is 1.44. The standard InChI is InChI=1S/C24H26FN5O3S/c1-33-18-13-11-16(12-14-18)22-27-29-24(30(22)17-7-3-2-4-8-17)34-15-21(31)26-28-23(32)19-9-5-6-10-20(19)25/h5-6,9-14,17H,2-4,7-8,15H2,1H3,(H,26,31)(H,28,32). The van der Waals surface area contributed by atoms with Crippen molar-refractivity contribution in [2.24, 2.45) is 0 Å². The summed E-state index contributed by atoms with van der Waals surface area (Å²) in [5.74, 6) is -0.273. The van der Waals surface area contributed by atoms with E-state index >= 15 is 0 Å². The van der Waals surface area contributed by atoms with Crippen LogP contribution in [0, 0.1) is 5.82 Å². The number of hydrogen-bond donors (Lipinski definition) is 2. The number of thioether (sulfide) groups is 1. The highest BCUT2D eigenvalue weighted by molar-refractivity contribution is 7.99. The number of ether oxygens (including phenoxy) is 1. The Morgan fingerprint density at radius 2 is 1.79 bits per heavy atom. The number of hydrazine groups is 1. The van der Waals surface area contributed by atoms with Gasteiger partial charge in [-0.1, -0.05) is 43.2 Å². The Morgan fingerprint density at radius 3 is 2.50 bits per heavy atom. The lowest BCUT2D eigenvalue weighted by molar-refractivity contribution is -0.119. The lowest BCUT2D eigenvalue weighted by atomic mass is 9.95. The van der Waals surface area contributed by atoms with Crippen molar-refractivity contribution in [3.63, 3.8) is 0 Å². The third kappa shape index (κ3) is 5.56. The molecule has 178 valence electrons. The molecule has 0 saturated heterocycles. The molecule has 0 aliphatic heterocycles. The molecule has 2 aromatic carbocycles. The van der Waals surface area contributed by atoms with Crippen molar-refractivity contribution in [1.29, 1.82) is 0 Å². The van der Waals surface area contributed by atoms with E-state index in [1.54, 1.807) is 13.2 Å². The second-order valence-electron chi connectivity index (χ2n) is 7.97. The number of carbonyl (C=O) groups is 2. The summed E-state index contributed by atoms with van der Waals surface area (Å²) >= 11 is 1.25. The first kappa shape index (κ1) is 23.7. The van der Waals surface area contributed by atoms with Crippen molar-refractivity contribution in [1.82, 2.24) is 25.6 Å². The lowest BCUT2D eigenvalue weighted by Crippen LogP contribution is -2.42. The minimum Gasteiger partial charge on any atom is -0.497 e. The Hall–Kier alpha value is -3.40. The Kier molecular flexibility index (Phi) is 7.79. The van der Waals surface area contributed by atoms with Gasteiger partial charge < -0.3 is 4.74 Å². The molecule has 0 unspecified atom stereocenters. The lowest BCUT2D eigenvalue weighted by Gasteiger charge is -2.25. The van der Waals surface area contributed by atoms with Crippen molar-refractivity contribution >= 4 is 23.6 Å². The van der Waals surface area contributed by atoms with E-state index in [-0.39, 0.29) is 17.4 Å². The average Bonchev–Trinajstić information content (AvgIpc) is 3.31. The largest absolute Gasteiger partial charge is 0.497 e. The van der Waals surface area contributed by atoms with Gasteiger partial charge in [0.25, 0.3) is 5.91 Å². The van der Waals surface area contributed by atoms with E-state index in [0.717, 1.165) is 42.8 Å². The molecule has 1 aliphatic rings. The summed E-state index contributed by atoms with van der Waals surface area (Å²) in [5, 5.41) is 9.44. The Bertz CT molecular complexity index is 1150. The van der Waals surface area contributed by atoms with E-state index in [2.05, 4.69) is 25.6 Å². The number of nitrogens with one attached hydrogen (secondary N) is 2. The van der Waals surface area contributed by atoms with Gasteiger partial charge in [-0.25, -0.2) is 4.39 Å². The molecule has 3 aromatic rings. The normalized spacial score (nSPS) is 13.9. The van der Waals surface area contributed by atoms with Crippen LogP contribution >= 0.6 is 11.8 Å². The maximum atomic E-state index is 13.7. The third-order valence-electron chi connectivity index (χ3n) is 5.72. The molecule has 1 fully saturated rings. The van der Waals surface area contributed by atoms with Crippen LogP contribution in [0.15, 0.2) is 53.7 Å². The van der Waals surface area contributed by atoms with E-state index in [4.69, 9.17) is 4.74 Å². The van der Waals surface area contributed by atoms with E-state index in [1.807, 2.05) is 24.3 Å². The summed E-state index contributed by atoms with van der Waals surface area (Å²) < 4.78 is 21.1. The molecule has 0 atom stereocenters. The van der Waals surface area contributed by atoms with Crippen molar-refractivity contribution in [3.05, 3.63) is 59.9 Å². The van der Waals surface area contributed by atoms with Gasteiger partial charge in [-0.2, -0.15) is 0 Å². The van der Waals surface area contributed by atoms with Crippen molar-refractivity contribution in [2.75, 3.05) is 12.9 Å². The van der Waals surface area contributed by atoms with Crippen LogP contribution in [0.1, 0.15) is 48.5 Å². The van der Waals surface area contributed by atoms with Crippen LogP contribution in [0.3, 0.4) is 0 Å². The van der Waals surface area contributed by atoms with Crippen LogP contribution in [0.5, 0.6) is 5.75 Å². The number of hydrogen-bond acceptors (Lipinski definition) is 6. The first-order chi connectivity index (χ1) is 16.6. The maximum absolute atomic E-state index is 13.7. The third-order valence-corrected chi connectivity index (χ3v) is 6.66. The molecule has 2 amide bonds. The van der Waals surface area contributed by atoms with E-state index in [1.165, 1.54) is 36.4 Å². The van der Waals surface area contributed by atoms with E-state index in [9.17, 15) is 14.0 Å². The monoisotopic (exact) mass is 483 g/mol. The number of rotatable bonds is 7. The van der Waals surface area contributed by atoms with Gasteiger partial charge in [-0.3, -0.25) is 25.0 Å². The number of benzene rings is 2. The molecule has 34 heavy (non-hydrogen) atoms. The van der Waals surface area contributed by atoms with E-state index < -0.39 is 17.6 Å². The molecule has 0 bridgehead atoms.